The number of H-pyrrole nitrogens is 1. The fraction of sp³-hybridized carbons (Fsp3) is 0.450. The number of hydrogen-bond donors (Lipinski definition) is 2. The molecule has 2 aromatic rings. The van der Waals surface area contributed by atoms with E-state index < -0.39 is 5.97 Å². The highest BCUT2D eigenvalue weighted by Crippen LogP contribution is 2.39. The Morgan fingerprint density at radius 3 is 2.82 bits per heavy atom. The van der Waals surface area contributed by atoms with Gasteiger partial charge in [0.1, 0.15) is 16.4 Å². The molecule has 1 aliphatic rings. The van der Waals surface area contributed by atoms with E-state index >= 15 is 0 Å². The molecule has 0 spiro atoms. The summed E-state index contributed by atoms with van der Waals surface area (Å²) in [6.45, 7) is 6.98. The minimum absolute atomic E-state index is 0.0203. The number of fused-ring (bicyclic) bond motifs is 1. The Bertz CT molecular complexity index is 946. The molecule has 3 heterocycles. The van der Waals surface area contributed by atoms with Crippen LogP contribution in [0.25, 0.3) is 11.0 Å². The van der Waals surface area contributed by atoms with Crippen molar-refractivity contribution in [1.82, 2.24) is 9.97 Å². The van der Waals surface area contributed by atoms with E-state index in [9.17, 15) is 9.90 Å². The number of nitrogens with zero attached hydrogens (tertiary/aromatic N) is 2. The fourth-order valence-corrected chi connectivity index (χ4v) is 4.57. The predicted molar refractivity (Wildman–Crippen MR) is 114 cm³/mol. The maximum atomic E-state index is 11.2. The zero-order chi connectivity index (χ0) is 20.3. The normalized spacial score (nSPS) is 16.7. The lowest BCUT2D eigenvalue weighted by Gasteiger charge is -2.23. The average Bonchev–Trinajstić information content (AvgIpc) is 3.01. The number of aryl methyl sites for hydroxylation is 1. The maximum absolute atomic E-state index is 11.2. The molecule has 1 fully saturated rings. The summed E-state index contributed by atoms with van der Waals surface area (Å²) in [5, 5.41) is 12.3. The van der Waals surface area contributed by atoms with Gasteiger partial charge in [0, 0.05) is 24.3 Å². The van der Waals surface area contributed by atoms with E-state index in [1.165, 1.54) is 23.4 Å². The van der Waals surface area contributed by atoms with Gasteiger partial charge in [-0.3, -0.25) is 0 Å². The Kier molecular flexibility index (Phi) is 6.80. The van der Waals surface area contributed by atoms with Gasteiger partial charge in [-0.1, -0.05) is 36.4 Å². The highest BCUT2D eigenvalue weighted by Gasteiger charge is 2.23. The predicted octanol–water partition coefficient (Wildman–Crippen LogP) is 5.17. The molecule has 8 heteroatoms. The van der Waals surface area contributed by atoms with E-state index in [1.54, 1.807) is 13.8 Å². The van der Waals surface area contributed by atoms with Crippen LogP contribution in [0.1, 0.15) is 50.8 Å². The molecular weight excluding hydrogens is 398 g/mol. The minimum Gasteiger partial charge on any atom is -0.477 e. The number of aliphatic imine (C=N–C) groups is 1. The molecule has 1 aliphatic heterocycles. The number of carbonyl (C=O) groups is 1. The number of aromatic nitrogens is 2. The number of pyridine rings is 1. The highest BCUT2D eigenvalue weighted by atomic mass is 35.5. The molecule has 6 nitrogen and oxygen atoms in total. The highest BCUT2D eigenvalue weighted by molar-refractivity contribution is 8.13. The third-order valence-corrected chi connectivity index (χ3v) is 6.04. The molecule has 28 heavy (non-hydrogen) atoms. The fourth-order valence-electron chi connectivity index (χ4n) is 3.42. The van der Waals surface area contributed by atoms with Crippen molar-refractivity contribution in [3.63, 3.8) is 0 Å². The van der Waals surface area contributed by atoms with Crippen molar-refractivity contribution in [1.29, 1.82) is 0 Å². The van der Waals surface area contributed by atoms with Gasteiger partial charge in [-0.25, -0.2) is 14.8 Å². The van der Waals surface area contributed by atoms with Gasteiger partial charge < -0.3 is 14.8 Å². The van der Waals surface area contributed by atoms with Gasteiger partial charge in [0.2, 0.25) is 0 Å². The van der Waals surface area contributed by atoms with E-state index in [1.807, 2.05) is 0 Å². The van der Waals surface area contributed by atoms with Crippen LogP contribution in [0.2, 0.25) is 5.02 Å². The number of ether oxygens (including phenoxy) is 1. The van der Waals surface area contributed by atoms with Gasteiger partial charge in [-0.15, -0.1) is 0 Å². The van der Waals surface area contributed by atoms with Crippen LogP contribution >= 0.6 is 23.4 Å². The zero-order valence-corrected chi connectivity index (χ0v) is 17.8. The molecule has 3 rings (SSSR count). The van der Waals surface area contributed by atoms with Crippen molar-refractivity contribution in [2.24, 2.45) is 4.99 Å². The van der Waals surface area contributed by atoms with Gasteiger partial charge in [0.15, 0.2) is 0 Å². The summed E-state index contributed by atoms with van der Waals surface area (Å²) in [5.74, 6) is -0.684. The largest absolute Gasteiger partial charge is 0.477 e. The Hall–Kier alpha value is -1.83. The van der Waals surface area contributed by atoms with Crippen LogP contribution in [0.15, 0.2) is 27.9 Å². The van der Waals surface area contributed by atoms with E-state index in [4.69, 9.17) is 21.3 Å². The smallest absolute Gasteiger partial charge is 0.354 e. The third-order valence-electron chi connectivity index (χ3n) is 4.82. The number of thioether (sulfide) groups is 1. The number of nitrogens with one attached hydrogen (secondary N) is 1. The Morgan fingerprint density at radius 1 is 1.50 bits per heavy atom. The lowest BCUT2D eigenvalue weighted by molar-refractivity contribution is -0.132. The molecule has 0 aliphatic carbocycles. The minimum atomic E-state index is -1.04. The molecule has 0 amide bonds. The molecule has 0 bridgehead atoms. The number of hydrogen-bond acceptors (Lipinski definition) is 5. The molecule has 1 saturated heterocycles. The van der Waals surface area contributed by atoms with Crippen molar-refractivity contribution < 1.29 is 14.6 Å². The van der Waals surface area contributed by atoms with Crippen LogP contribution in [0.3, 0.4) is 0 Å². The standard InChI is InChI=1S/C20H24ClN3O3S/c1-4-14-18(21)17-13(12-6-8-27-9-7-12)10-16(24-19(17)23-14)28-11(3)22-15(5-2)20(25)26/h5,10,12H,4,6-9H2,1-3H3,(H,23,24)(H,25,26)/b15-5-,22-11+. The first-order valence-corrected chi connectivity index (χ1v) is 10.6. The van der Waals surface area contributed by atoms with Gasteiger partial charge in [0.25, 0.3) is 0 Å². The molecule has 2 N–H and O–H groups in total. The summed E-state index contributed by atoms with van der Waals surface area (Å²) in [4.78, 5) is 23.5. The van der Waals surface area contributed by atoms with Gasteiger partial charge in [-0.05, 0) is 50.7 Å². The van der Waals surface area contributed by atoms with Gasteiger partial charge in [0.05, 0.1) is 10.1 Å². The summed E-state index contributed by atoms with van der Waals surface area (Å²) in [7, 11) is 0. The number of aromatic amines is 1. The SMILES string of the molecule is C/C=C(\N=C(/C)Sc1cc(C2CCOCC2)c2c(Cl)c(CC)[nH]c2n1)C(=O)O. The van der Waals surface area contributed by atoms with Crippen molar-refractivity contribution in [3.8, 4) is 0 Å². The number of carboxylic acids is 1. The van der Waals surface area contributed by atoms with Gasteiger partial charge in [-0.2, -0.15) is 0 Å². The van der Waals surface area contributed by atoms with E-state index in [2.05, 4.69) is 23.0 Å². The average molecular weight is 422 g/mol. The molecule has 150 valence electrons. The van der Waals surface area contributed by atoms with E-state index in [-0.39, 0.29) is 5.70 Å². The summed E-state index contributed by atoms with van der Waals surface area (Å²) in [6.07, 6.45) is 4.17. The number of allylic oxidation sites excluding steroid dienone is 1. The first kappa shape index (κ1) is 20.9. The van der Waals surface area contributed by atoms with Crippen LogP contribution in [0, 0.1) is 0 Å². The van der Waals surface area contributed by atoms with Crippen LogP contribution in [0.4, 0.5) is 0 Å². The quantitative estimate of drug-likeness (QED) is 0.301. The molecular formula is C20H24ClN3O3S. The van der Waals surface area contributed by atoms with Crippen LogP contribution in [0.5, 0.6) is 0 Å². The van der Waals surface area contributed by atoms with Crippen LogP contribution in [-0.2, 0) is 16.0 Å². The lowest BCUT2D eigenvalue weighted by Crippen LogP contribution is -2.14. The van der Waals surface area contributed by atoms with Crippen molar-refractivity contribution in [2.75, 3.05) is 13.2 Å². The molecule has 0 atom stereocenters. The maximum Gasteiger partial charge on any atom is 0.354 e. The molecule has 0 radical (unpaired) electrons. The summed E-state index contributed by atoms with van der Waals surface area (Å²) in [5.41, 5.74) is 2.94. The number of carboxylic acid groups (broad SMARTS) is 1. The second kappa shape index (κ2) is 9.11. The van der Waals surface area contributed by atoms with Crippen molar-refractivity contribution in [3.05, 3.63) is 34.1 Å². The van der Waals surface area contributed by atoms with Crippen LogP contribution in [-0.4, -0.2) is 39.3 Å². The number of rotatable bonds is 5. The Balaban J connectivity index is 2.04. The Labute approximate surface area is 173 Å². The van der Waals surface area contributed by atoms with Crippen LogP contribution < -0.4 is 0 Å². The molecule has 0 saturated carbocycles. The summed E-state index contributed by atoms with van der Waals surface area (Å²) < 4.78 is 5.52. The summed E-state index contributed by atoms with van der Waals surface area (Å²) in [6, 6.07) is 2.07. The van der Waals surface area contributed by atoms with E-state index in [0.29, 0.717) is 11.0 Å². The van der Waals surface area contributed by atoms with E-state index in [0.717, 1.165) is 59.3 Å². The zero-order valence-electron chi connectivity index (χ0n) is 16.2. The van der Waals surface area contributed by atoms with Crippen molar-refractivity contribution in [2.45, 2.75) is 51.0 Å². The molecule has 2 aromatic heterocycles. The number of aliphatic carboxylic acids is 1. The second-order valence-corrected chi connectivity index (χ2v) is 8.23. The topological polar surface area (TPSA) is 87.6 Å². The monoisotopic (exact) mass is 421 g/mol. The summed E-state index contributed by atoms with van der Waals surface area (Å²) >= 11 is 8.02. The first-order valence-electron chi connectivity index (χ1n) is 9.36. The lowest BCUT2D eigenvalue weighted by atomic mass is 9.90. The Morgan fingerprint density at radius 2 is 2.21 bits per heavy atom. The van der Waals surface area contributed by atoms with Crippen molar-refractivity contribution >= 4 is 45.4 Å². The second-order valence-electron chi connectivity index (χ2n) is 6.64. The number of halogens is 1. The third kappa shape index (κ3) is 4.42. The first-order chi connectivity index (χ1) is 13.4. The molecule has 0 unspecified atom stereocenters. The molecule has 0 aromatic carbocycles. The van der Waals surface area contributed by atoms with Gasteiger partial charge >= 0.3 is 5.97 Å².